The van der Waals surface area contributed by atoms with Crippen LogP contribution in [0.15, 0.2) is 35.5 Å². The molecule has 0 aliphatic heterocycles. The fourth-order valence-corrected chi connectivity index (χ4v) is 1.70. The molecule has 172 valence electrons. The van der Waals surface area contributed by atoms with Gasteiger partial charge in [-0.2, -0.15) is 20.8 Å². The molecule has 2 atom stereocenters. The highest BCUT2D eigenvalue weighted by Gasteiger charge is 2.37. The summed E-state index contributed by atoms with van der Waals surface area (Å²) in [5.74, 6) is -3.10. The van der Waals surface area contributed by atoms with Gasteiger partial charge < -0.3 is 18.9 Å². The second kappa shape index (κ2) is 14.0. The molecule has 0 rings (SSSR count). The Morgan fingerprint density at radius 1 is 0.844 bits per heavy atom. The summed E-state index contributed by atoms with van der Waals surface area (Å²) in [5, 5.41) is 26.1. The lowest BCUT2D eigenvalue weighted by molar-refractivity contribution is -0.152. The van der Waals surface area contributed by atoms with E-state index in [4.69, 9.17) is 9.47 Å². The van der Waals surface area contributed by atoms with Crippen LogP contribution in [0.25, 0.3) is 0 Å². The molecule has 2 unspecified atom stereocenters. The molecule has 0 saturated heterocycles. The highest BCUT2D eigenvalue weighted by atomic mass is 16.6. The van der Waals surface area contributed by atoms with Crippen LogP contribution < -0.4 is 0 Å². The minimum atomic E-state index is -2.06. The van der Waals surface area contributed by atoms with E-state index in [9.17, 15) is 29.7 Å². The summed E-state index contributed by atoms with van der Waals surface area (Å²) < 4.78 is 19.0. The number of ether oxygens (including phenoxy) is 4. The van der Waals surface area contributed by atoms with Crippen molar-refractivity contribution in [2.24, 2.45) is 10.2 Å². The maximum Gasteiger partial charge on any atom is 0.350 e. The number of azo groups is 1. The van der Waals surface area contributed by atoms with E-state index < -0.39 is 35.0 Å². The monoisotopic (exact) mass is 448 g/mol. The number of hydrogen-bond acceptors (Lipinski definition) is 12. The van der Waals surface area contributed by atoms with Crippen LogP contribution in [0.1, 0.15) is 26.7 Å². The Hall–Kier alpha value is -4.06. The smallest absolute Gasteiger partial charge is 0.350 e. The molecule has 0 spiro atoms. The van der Waals surface area contributed by atoms with Crippen LogP contribution >= 0.6 is 0 Å². The van der Waals surface area contributed by atoms with Gasteiger partial charge in [0.1, 0.15) is 32.5 Å². The van der Waals surface area contributed by atoms with Gasteiger partial charge in [-0.05, 0) is 20.3 Å². The van der Waals surface area contributed by atoms with Crippen LogP contribution in [0, 0.1) is 22.7 Å². The van der Waals surface area contributed by atoms with Crippen molar-refractivity contribution in [3.63, 3.8) is 0 Å². The van der Waals surface area contributed by atoms with Crippen molar-refractivity contribution >= 4 is 23.9 Å². The van der Waals surface area contributed by atoms with Gasteiger partial charge in [0.15, 0.2) is 5.54 Å². The van der Waals surface area contributed by atoms with Crippen LogP contribution in [0.4, 0.5) is 0 Å². The van der Waals surface area contributed by atoms with E-state index in [1.54, 1.807) is 6.07 Å². The van der Waals surface area contributed by atoms with Crippen LogP contribution in [0.3, 0.4) is 0 Å². The van der Waals surface area contributed by atoms with Gasteiger partial charge in [0.2, 0.25) is 0 Å². The van der Waals surface area contributed by atoms with Crippen molar-refractivity contribution < 1.29 is 38.1 Å². The molecule has 0 saturated carbocycles. The van der Waals surface area contributed by atoms with Gasteiger partial charge in [-0.1, -0.05) is 13.2 Å². The first-order valence-corrected chi connectivity index (χ1v) is 9.23. The van der Waals surface area contributed by atoms with Gasteiger partial charge in [0.25, 0.3) is 5.54 Å². The van der Waals surface area contributed by atoms with E-state index in [0.717, 1.165) is 19.1 Å². The third kappa shape index (κ3) is 10.6. The average molecular weight is 448 g/mol. The first-order chi connectivity index (χ1) is 15.1. The average Bonchev–Trinajstić information content (AvgIpc) is 2.80. The molecule has 32 heavy (non-hydrogen) atoms. The summed E-state index contributed by atoms with van der Waals surface area (Å²) in [7, 11) is 0. The first kappa shape index (κ1) is 27.9. The third-order valence-electron chi connectivity index (χ3n) is 3.63. The Morgan fingerprint density at radius 3 is 1.81 bits per heavy atom. The number of carbonyl (C=O) groups excluding carboxylic acids is 4. The number of rotatable bonds is 14. The van der Waals surface area contributed by atoms with Crippen molar-refractivity contribution in [1.29, 1.82) is 10.5 Å². The van der Waals surface area contributed by atoms with Crippen molar-refractivity contribution in [2.45, 2.75) is 37.8 Å². The summed E-state index contributed by atoms with van der Waals surface area (Å²) >= 11 is 0. The number of nitriles is 2. The summed E-state index contributed by atoms with van der Waals surface area (Å²) in [6.45, 7) is 8.01. The lowest BCUT2D eigenvalue weighted by Gasteiger charge is -2.18. The predicted octanol–water partition coefficient (Wildman–Crippen LogP) is 1.33. The maximum absolute atomic E-state index is 12.1. The largest absolute Gasteiger partial charge is 0.462 e. The van der Waals surface area contributed by atoms with Gasteiger partial charge >= 0.3 is 23.9 Å². The van der Waals surface area contributed by atoms with Gasteiger partial charge in [0, 0.05) is 18.6 Å². The molecule has 0 aromatic rings. The van der Waals surface area contributed by atoms with Gasteiger partial charge in [-0.3, -0.25) is 4.79 Å². The molecule has 0 aromatic carbocycles. The second-order valence-electron chi connectivity index (χ2n) is 6.37. The van der Waals surface area contributed by atoms with Crippen LogP contribution in [-0.2, 0) is 38.1 Å². The van der Waals surface area contributed by atoms with Crippen LogP contribution in [0.2, 0.25) is 0 Å². The normalized spacial score (nSPS) is 13.9. The third-order valence-corrected chi connectivity index (χ3v) is 3.63. The molecule has 0 heterocycles. The molecule has 0 amide bonds. The quantitative estimate of drug-likeness (QED) is 0.124. The maximum atomic E-state index is 12.1. The molecule has 0 aliphatic carbocycles. The Bertz CT molecular complexity index is 842. The van der Waals surface area contributed by atoms with E-state index >= 15 is 0 Å². The van der Waals surface area contributed by atoms with E-state index in [2.05, 4.69) is 32.9 Å². The Labute approximate surface area is 185 Å². The lowest BCUT2D eigenvalue weighted by Crippen LogP contribution is -2.35. The molecule has 0 aromatic heterocycles. The molecule has 0 radical (unpaired) electrons. The minimum absolute atomic E-state index is 0.119. The SMILES string of the molecule is C=CC(=O)OCCOC(=O)CCC(C)(C#N)/N=N/C(C)(C#N)C(=O)OCCOC(=O)C=C. The zero-order chi connectivity index (χ0) is 24.6. The number of esters is 4. The summed E-state index contributed by atoms with van der Waals surface area (Å²) in [6.07, 6.45) is 1.56. The molecule has 0 bridgehead atoms. The zero-order valence-electron chi connectivity index (χ0n) is 17.9. The van der Waals surface area contributed by atoms with E-state index in [0.29, 0.717) is 0 Å². The van der Waals surface area contributed by atoms with E-state index in [-0.39, 0.29) is 39.3 Å². The Balaban J connectivity index is 4.77. The van der Waals surface area contributed by atoms with Crippen molar-refractivity contribution in [3.05, 3.63) is 25.3 Å². The number of nitrogens with zero attached hydrogens (tertiary/aromatic N) is 4. The fourth-order valence-electron chi connectivity index (χ4n) is 1.70. The van der Waals surface area contributed by atoms with Gasteiger partial charge in [-0.25, -0.2) is 14.4 Å². The topological polar surface area (TPSA) is 177 Å². The number of carbonyl (C=O) groups is 4. The van der Waals surface area contributed by atoms with Crippen molar-refractivity contribution in [3.8, 4) is 12.1 Å². The summed E-state index contributed by atoms with van der Waals surface area (Å²) in [6, 6.07) is 3.49. The van der Waals surface area contributed by atoms with Crippen LogP contribution in [-0.4, -0.2) is 61.4 Å². The summed E-state index contributed by atoms with van der Waals surface area (Å²) in [4.78, 5) is 45.7. The van der Waals surface area contributed by atoms with E-state index in [1.807, 2.05) is 6.07 Å². The van der Waals surface area contributed by atoms with Gasteiger partial charge in [0.05, 0.1) is 6.07 Å². The highest BCUT2D eigenvalue weighted by Crippen LogP contribution is 2.21. The Morgan fingerprint density at radius 2 is 1.34 bits per heavy atom. The molecular weight excluding hydrogens is 424 g/mol. The molecule has 12 nitrogen and oxygen atoms in total. The van der Waals surface area contributed by atoms with E-state index in [1.165, 1.54) is 6.92 Å². The standard InChI is InChI=1S/C20H24N4O8/c1-5-15(25)29-9-10-31-17(27)7-8-19(3,13-21)23-24-20(4,14-22)18(28)32-12-11-30-16(26)6-2/h5-6H,1-2,7-12H2,3-4H3/b24-23+. The predicted molar refractivity (Wildman–Crippen MR) is 106 cm³/mol. The lowest BCUT2D eigenvalue weighted by atomic mass is 9.99. The van der Waals surface area contributed by atoms with Crippen molar-refractivity contribution in [1.82, 2.24) is 0 Å². The fraction of sp³-hybridized carbons (Fsp3) is 0.500. The molecule has 0 aliphatic rings. The molecule has 0 N–H and O–H groups in total. The zero-order valence-corrected chi connectivity index (χ0v) is 17.9. The molecular formula is C20H24N4O8. The first-order valence-electron chi connectivity index (χ1n) is 9.23. The second-order valence-corrected chi connectivity index (χ2v) is 6.37. The van der Waals surface area contributed by atoms with Crippen molar-refractivity contribution in [2.75, 3.05) is 26.4 Å². The molecule has 12 heteroatoms. The summed E-state index contributed by atoms with van der Waals surface area (Å²) in [5.41, 5.74) is -3.59. The van der Waals surface area contributed by atoms with Crippen LogP contribution in [0.5, 0.6) is 0 Å². The minimum Gasteiger partial charge on any atom is -0.462 e. The highest BCUT2D eigenvalue weighted by molar-refractivity contribution is 5.84. The Kier molecular flexibility index (Phi) is 12.3. The molecule has 0 fully saturated rings. The number of hydrogen-bond donors (Lipinski definition) is 0. The van der Waals surface area contributed by atoms with Gasteiger partial charge in [-0.15, -0.1) is 0 Å².